The molecule has 0 spiro atoms. The van der Waals surface area contributed by atoms with Crippen molar-refractivity contribution in [1.29, 1.82) is 0 Å². The summed E-state index contributed by atoms with van der Waals surface area (Å²) in [4.78, 5) is 22.5. The van der Waals surface area contributed by atoms with Crippen molar-refractivity contribution < 1.29 is 14.7 Å². The molecule has 0 aromatic rings. The van der Waals surface area contributed by atoms with Crippen LogP contribution in [0.1, 0.15) is 32.1 Å². The lowest BCUT2D eigenvalue weighted by Gasteiger charge is -2.26. The smallest absolute Gasteiger partial charge is 0.317 e. The van der Waals surface area contributed by atoms with Crippen molar-refractivity contribution in [2.24, 2.45) is 11.3 Å². The highest BCUT2D eigenvalue weighted by Gasteiger charge is 2.55. The minimum absolute atomic E-state index is 0.00116. The summed E-state index contributed by atoms with van der Waals surface area (Å²) < 4.78 is 0. The first-order valence-corrected chi connectivity index (χ1v) is 4.44. The maximum Gasteiger partial charge on any atom is 0.317 e. The van der Waals surface area contributed by atoms with E-state index in [0.29, 0.717) is 12.8 Å². The van der Waals surface area contributed by atoms with Crippen molar-refractivity contribution in [3.63, 3.8) is 0 Å². The predicted molar refractivity (Wildman–Crippen MR) is 41.7 cm³/mol. The van der Waals surface area contributed by atoms with Gasteiger partial charge in [-0.3, -0.25) is 9.59 Å². The van der Waals surface area contributed by atoms with Crippen LogP contribution in [0.15, 0.2) is 0 Å². The van der Waals surface area contributed by atoms with Crippen molar-refractivity contribution in [3.05, 3.63) is 0 Å². The maximum absolute atomic E-state index is 11.6. The molecule has 1 N–H and O–H groups in total. The van der Waals surface area contributed by atoms with E-state index in [1.807, 2.05) is 0 Å². The number of hydrogen-bond acceptors (Lipinski definition) is 2. The third-order valence-electron chi connectivity index (χ3n) is 3.33. The molecule has 3 heteroatoms. The van der Waals surface area contributed by atoms with Crippen LogP contribution in [-0.4, -0.2) is 16.9 Å². The molecule has 0 amide bonds. The molecule has 0 aromatic carbocycles. The Labute approximate surface area is 70.8 Å². The van der Waals surface area contributed by atoms with Gasteiger partial charge in [0.15, 0.2) is 5.78 Å². The van der Waals surface area contributed by atoms with E-state index in [9.17, 15) is 9.59 Å². The summed E-state index contributed by atoms with van der Waals surface area (Å²) in [6.45, 7) is 0. The zero-order valence-corrected chi connectivity index (χ0v) is 6.88. The monoisotopic (exact) mass is 168 g/mol. The van der Waals surface area contributed by atoms with E-state index in [-0.39, 0.29) is 11.7 Å². The standard InChI is InChI=1S/C9H12O3/c10-7-6-2-1-4-9(7,5-3-6)8(11)12/h6H,1-5H2,(H,11,12). The number of Topliss-reactive ketones (excluding diaryl/α,β-unsaturated/α-hetero) is 1. The van der Waals surface area contributed by atoms with Gasteiger partial charge in [0.25, 0.3) is 0 Å². The fourth-order valence-corrected chi connectivity index (χ4v) is 2.56. The lowest BCUT2D eigenvalue weighted by molar-refractivity contribution is -0.155. The highest BCUT2D eigenvalue weighted by Crippen LogP contribution is 2.48. The van der Waals surface area contributed by atoms with Crippen LogP contribution in [-0.2, 0) is 9.59 Å². The Hall–Kier alpha value is -0.860. The molecule has 0 radical (unpaired) electrons. The van der Waals surface area contributed by atoms with Crippen LogP contribution in [0.25, 0.3) is 0 Å². The van der Waals surface area contributed by atoms with E-state index in [1.54, 1.807) is 0 Å². The van der Waals surface area contributed by atoms with Crippen molar-refractivity contribution >= 4 is 11.8 Å². The molecule has 2 atom stereocenters. The van der Waals surface area contributed by atoms with Gasteiger partial charge in [0.2, 0.25) is 0 Å². The highest BCUT2D eigenvalue weighted by atomic mass is 16.4. The number of aliphatic carboxylic acids is 1. The van der Waals surface area contributed by atoms with Gasteiger partial charge in [0.1, 0.15) is 5.41 Å². The fourth-order valence-electron chi connectivity index (χ4n) is 2.56. The minimum atomic E-state index is -0.969. The summed E-state index contributed by atoms with van der Waals surface area (Å²) >= 11 is 0. The quantitative estimate of drug-likeness (QED) is 0.599. The zero-order valence-electron chi connectivity index (χ0n) is 6.88. The van der Waals surface area contributed by atoms with Crippen LogP contribution in [0, 0.1) is 11.3 Å². The average molecular weight is 168 g/mol. The molecular formula is C9H12O3. The fraction of sp³-hybridized carbons (Fsp3) is 0.778. The number of ketones is 1. The first-order valence-electron chi connectivity index (χ1n) is 4.44. The molecular weight excluding hydrogens is 156 g/mol. The van der Waals surface area contributed by atoms with Gasteiger partial charge in [-0.05, 0) is 25.7 Å². The second kappa shape index (κ2) is 2.31. The van der Waals surface area contributed by atoms with Crippen LogP contribution in [0.4, 0.5) is 0 Å². The SMILES string of the molecule is O=C(O)C12CCCC(CC1)C2=O. The van der Waals surface area contributed by atoms with Gasteiger partial charge in [0, 0.05) is 5.92 Å². The number of hydrogen-bond donors (Lipinski definition) is 1. The molecule has 2 aliphatic carbocycles. The van der Waals surface area contributed by atoms with Gasteiger partial charge in [0.05, 0.1) is 0 Å². The van der Waals surface area contributed by atoms with Crippen molar-refractivity contribution in [2.75, 3.05) is 0 Å². The van der Waals surface area contributed by atoms with E-state index in [4.69, 9.17) is 5.11 Å². The van der Waals surface area contributed by atoms with E-state index in [2.05, 4.69) is 0 Å². The van der Waals surface area contributed by atoms with E-state index < -0.39 is 11.4 Å². The minimum Gasteiger partial charge on any atom is -0.480 e. The molecule has 2 rings (SSSR count). The third-order valence-corrected chi connectivity index (χ3v) is 3.33. The Bertz CT molecular complexity index is 242. The summed E-state index contributed by atoms with van der Waals surface area (Å²) in [5.74, 6) is -0.828. The maximum atomic E-state index is 11.6. The van der Waals surface area contributed by atoms with Gasteiger partial charge in [-0.25, -0.2) is 0 Å². The summed E-state index contributed by atoms with van der Waals surface area (Å²) in [6.07, 6.45) is 3.76. The molecule has 0 heterocycles. The molecule has 2 unspecified atom stereocenters. The second-order valence-electron chi connectivity index (χ2n) is 3.88. The number of rotatable bonds is 1. The summed E-state index contributed by atoms with van der Waals surface area (Å²) in [5, 5.41) is 8.96. The Morgan fingerprint density at radius 3 is 2.75 bits per heavy atom. The number of carboxylic acids is 1. The van der Waals surface area contributed by atoms with E-state index >= 15 is 0 Å². The normalized spacial score (nSPS) is 40.0. The van der Waals surface area contributed by atoms with Crippen LogP contribution in [0.3, 0.4) is 0 Å². The molecule has 2 fully saturated rings. The molecule has 2 aliphatic rings. The molecule has 2 saturated carbocycles. The Kier molecular flexibility index (Phi) is 1.50. The number of carboxylic acid groups (broad SMARTS) is 1. The first kappa shape index (κ1) is 7.77. The third kappa shape index (κ3) is 0.765. The van der Waals surface area contributed by atoms with Crippen LogP contribution in [0.5, 0.6) is 0 Å². The molecule has 3 nitrogen and oxygen atoms in total. The van der Waals surface area contributed by atoms with Crippen LogP contribution < -0.4 is 0 Å². The topological polar surface area (TPSA) is 54.4 Å². The van der Waals surface area contributed by atoms with Crippen molar-refractivity contribution in [1.82, 2.24) is 0 Å². The van der Waals surface area contributed by atoms with Gasteiger partial charge in [-0.2, -0.15) is 0 Å². The van der Waals surface area contributed by atoms with Gasteiger partial charge in [-0.1, -0.05) is 6.42 Å². The molecule has 2 bridgehead atoms. The number of carbonyl (C=O) groups is 2. The Morgan fingerprint density at radius 2 is 2.17 bits per heavy atom. The van der Waals surface area contributed by atoms with Crippen LogP contribution >= 0.6 is 0 Å². The van der Waals surface area contributed by atoms with E-state index in [0.717, 1.165) is 19.3 Å². The number of fused-ring (bicyclic) bond motifs is 2. The van der Waals surface area contributed by atoms with Crippen molar-refractivity contribution in [2.45, 2.75) is 32.1 Å². The van der Waals surface area contributed by atoms with E-state index in [1.165, 1.54) is 0 Å². The zero-order chi connectivity index (χ0) is 8.77. The summed E-state index contributed by atoms with van der Waals surface area (Å²) in [5.41, 5.74) is -0.969. The average Bonchev–Trinajstić information content (AvgIpc) is 2.28. The number of carbonyl (C=O) groups excluding carboxylic acids is 1. The Morgan fingerprint density at radius 1 is 1.42 bits per heavy atom. The van der Waals surface area contributed by atoms with Crippen molar-refractivity contribution in [3.8, 4) is 0 Å². The molecule has 0 aliphatic heterocycles. The lowest BCUT2D eigenvalue weighted by atomic mass is 9.75. The van der Waals surface area contributed by atoms with Gasteiger partial charge < -0.3 is 5.11 Å². The van der Waals surface area contributed by atoms with Gasteiger partial charge in [-0.15, -0.1) is 0 Å². The van der Waals surface area contributed by atoms with Gasteiger partial charge >= 0.3 is 5.97 Å². The summed E-state index contributed by atoms with van der Waals surface area (Å²) in [6, 6.07) is 0. The molecule has 0 aromatic heterocycles. The largest absolute Gasteiger partial charge is 0.480 e. The predicted octanol–water partition coefficient (Wildman–Crippen LogP) is 1.22. The molecule has 66 valence electrons. The highest BCUT2D eigenvalue weighted by molar-refractivity contribution is 6.06. The molecule has 0 saturated heterocycles. The second-order valence-corrected chi connectivity index (χ2v) is 3.88. The first-order chi connectivity index (χ1) is 5.67. The molecule has 12 heavy (non-hydrogen) atoms. The lowest BCUT2D eigenvalue weighted by Crippen LogP contribution is -2.39. The Balaban J connectivity index is 2.36. The summed E-state index contributed by atoms with van der Waals surface area (Å²) in [7, 11) is 0. The van der Waals surface area contributed by atoms with Crippen LogP contribution in [0.2, 0.25) is 0 Å².